The Labute approximate surface area is 181 Å². The molecular formula is C26H25BrNP. The van der Waals surface area contributed by atoms with E-state index in [-0.39, 0.29) is 0 Å². The molecule has 3 aromatic carbocycles. The third-order valence-corrected chi connectivity index (χ3v) is 15.2. The number of pyridine rings is 1. The molecule has 0 spiro atoms. The fraction of sp³-hybridized carbons (Fsp3) is 0.115. The van der Waals surface area contributed by atoms with Crippen LogP contribution in [-0.2, 0) is 6.16 Å². The van der Waals surface area contributed by atoms with Crippen LogP contribution in [0.15, 0.2) is 103 Å². The molecule has 1 heterocycles. The first-order valence-corrected chi connectivity index (χ1v) is 14.3. The first kappa shape index (κ1) is 20.0. The molecular weight excluding hydrogens is 437 g/mol. The first-order valence-electron chi connectivity index (χ1n) is 9.85. The molecule has 3 heteroatoms. The molecule has 0 atom stereocenters. The number of rotatable bonds is 5. The standard InChI is InChI=1S/C26H25BrNP/c1-21-18-19-23(28-22(21)2)20-29(27,24-12-6-3-7-13-24,25-14-8-4-9-15-25)26-16-10-5-11-17-26/h3-19H,20H2,1-2H3. The normalized spacial score (nSPS) is 12.9. The molecule has 0 saturated carbocycles. The van der Waals surface area contributed by atoms with Crippen molar-refractivity contribution in [3.8, 4) is 0 Å². The van der Waals surface area contributed by atoms with Crippen LogP contribution >= 0.6 is 20.8 Å². The minimum absolute atomic E-state index is 0.824. The molecule has 146 valence electrons. The van der Waals surface area contributed by atoms with Crippen LogP contribution < -0.4 is 15.9 Å². The average molecular weight is 462 g/mol. The molecule has 0 fully saturated rings. The Morgan fingerprint density at radius 1 is 0.621 bits per heavy atom. The van der Waals surface area contributed by atoms with Crippen molar-refractivity contribution in [3.05, 3.63) is 120 Å². The van der Waals surface area contributed by atoms with Gasteiger partial charge in [0, 0.05) is 0 Å². The van der Waals surface area contributed by atoms with E-state index in [1.165, 1.54) is 21.5 Å². The summed E-state index contributed by atoms with van der Waals surface area (Å²) in [5.41, 5.74) is 3.43. The molecule has 4 rings (SSSR count). The van der Waals surface area contributed by atoms with Crippen molar-refractivity contribution in [1.82, 2.24) is 4.98 Å². The number of aromatic nitrogens is 1. The summed E-state index contributed by atoms with van der Waals surface area (Å²) in [7, 11) is 0. The van der Waals surface area contributed by atoms with Crippen molar-refractivity contribution in [1.29, 1.82) is 0 Å². The number of aryl methyl sites for hydroxylation is 2. The Morgan fingerprint density at radius 3 is 1.41 bits per heavy atom. The quantitative estimate of drug-likeness (QED) is 0.330. The summed E-state index contributed by atoms with van der Waals surface area (Å²) in [6.45, 7) is 4.21. The Morgan fingerprint density at radius 2 is 1.03 bits per heavy atom. The molecule has 0 saturated heterocycles. The Balaban J connectivity index is 2.08. The molecule has 0 aliphatic heterocycles. The van der Waals surface area contributed by atoms with Crippen molar-refractivity contribution in [2.24, 2.45) is 0 Å². The second-order valence-corrected chi connectivity index (χ2v) is 16.5. The number of hydrogen-bond acceptors (Lipinski definition) is 1. The fourth-order valence-corrected chi connectivity index (χ4v) is 11.5. The monoisotopic (exact) mass is 461 g/mol. The molecule has 0 radical (unpaired) electrons. The average Bonchev–Trinajstić information content (AvgIpc) is 2.78. The third-order valence-electron chi connectivity index (χ3n) is 5.75. The predicted octanol–water partition coefficient (Wildman–Crippen LogP) is 6.04. The number of halogens is 1. The van der Waals surface area contributed by atoms with E-state index in [1.54, 1.807) is 0 Å². The van der Waals surface area contributed by atoms with Crippen molar-refractivity contribution < 1.29 is 0 Å². The summed E-state index contributed by atoms with van der Waals surface area (Å²) in [6.07, 6.45) is 0.824. The van der Waals surface area contributed by atoms with E-state index in [0.717, 1.165) is 17.5 Å². The van der Waals surface area contributed by atoms with E-state index in [0.29, 0.717) is 0 Å². The zero-order valence-electron chi connectivity index (χ0n) is 16.8. The second-order valence-electron chi connectivity index (χ2n) is 7.55. The first-order chi connectivity index (χ1) is 14.0. The van der Waals surface area contributed by atoms with Gasteiger partial charge in [0.15, 0.2) is 0 Å². The van der Waals surface area contributed by atoms with Gasteiger partial charge >= 0.3 is 182 Å². The number of benzene rings is 3. The van der Waals surface area contributed by atoms with Crippen molar-refractivity contribution >= 4 is 36.7 Å². The summed E-state index contributed by atoms with van der Waals surface area (Å²) in [5.74, 6) is 0. The maximum absolute atomic E-state index is 4.98. The van der Waals surface area contributed by atoms with Crippen molar-refractivity contribution in [2.75, 3.05) is 0 Å². The Hall–Kier alpha value is -2.28. The molecule has 0 aliphatic carbocycles. The van der Waals surface area contributed by atoms with Gasteiger partial charge in [-0.1, -0.05) is 0 Å². The van der Waals surface area contributed by atoms with Gasteiger partial charge < -0.3 is 0 Å². The van der Waals surface area contributed by atoms with E-state index in [2.05, 4.69) is 132 Å². The second kappa shape index (κ2) is 7.86. The van der Waals surface area contributed by atoms with Crippen LogP contribution in [0.1, 0.15) is 17.0 Å². The van der Waals surface area contributed by atoms with E-state index < -0.39 is 5.31 Å². The van der Waals surface area contributed by atoms with Gasteiger partial charge in [0.1, 0.15) is 0 Å². The molecule has 0 bridgehead atoms. The van der Waals surface area contributed by atoms with Crippen molar-refractivity contribution in [2.45, 2.75) is 20.0 Å². The summed E-state index contributed by atoms with van der Waals surface area (Å²) in [4.78, 5) is 4.98. The fourth-order valence-electron chi connectivity index (χ4n) is 4.01. The summed E-state index contributed by atoms with van der Waals surface area (Å²) in [5, 5.41) is 0.975. The maximum atomic E-state index is 4.98. The molecule has 29 heavy (non-hydrogen) atoms. The van der Waals surface area contributed by atoms with Gasteiger partial charge in [-0.15, -0.1) is 0 Å². The van der Waals surface area contributed by atoms with Crippen LogP contribution in [0.2, 0.25) is 0 Å². The van der Waals surface area contributed by atoms with Crippen LogP contribution in [0.5, 0.6) is 0 Å². The minimum atomic E-state index is -2.97. The van der Waals surface area contributed by atoms with Crippen molar-refractivity contribution in [3.63, 3.8) is 0 Å². The summed E-state index contributed by atoms with van der Waals surface area (Å²) < 4.78 is 0. The van der Waals surface area contributed by atoms with Crippen LogP contribution in [0, 0.1) is 13.8 Å². The Kier molecular flexibility index (Phi) is 5.42. The summed E-state index contributed by atoms with van der Waals surface area (Å²) in [6, 6.07) is 37.0. The number of nitrogens with zero attached hydrogens (tertiary/aromatic N) is 1. The molecule has 0 unspecified atom stereocenters. The SMILES string of the molecule is Cc1ccc(CP(Br)(c2ccccc2)(c2ccccc2)c2ccccc2)nc1C. The predicted molar refractivity (Wildman–Crippen MR) is 131 cm³/mol. The van der Waals surface area contributed by atoms with E-state index in [4.69, 9.17) is 4.98 Å². The third kappa shape index (κ3) is 3.45. The van der Waals surface area contributed by atoms with Gasteiger partial charge in [0.25, 0.3) is 0 Å². The van der Waals surface area contributed by atoms with Gasteiger partial charge in [-0.05, 0) is 0 Å². The van der Waals surface area contributed by atoms with E-state index >= 15 is 0 Å². The zero-order valence-corrected chi connectivity index (χ0v) is 19.3. The molecule has 0 aliphatic rings. The van der Waals surface area contributed by atoms with Gasteiger partial charge in [0.05, 0.1) is 0 Å². The summed E-state index contributed by atoms with van der Waals surface area (Å²) >= 11 is 4.49. The van der Waals surface area contributed by atoms with E-state index in [1.807, 2.05) is 0 Å². The van der Waals surface area contributed by atoms with Crippen LogP contribution in [0.25, 0.3) is 0 Å². The van der Waals surface area contributed by atoms with Gasteiger partial charge in [-0.25, -0.2) is 0 Å². The molecule has 0 N–H and O–H groups in total. The van der Waals surface area contributed by atoms with Gasteiger partial charge in [-0.3, -0.25) is 0 Å². The van der Waals surface area contributed by atoms with E-state index in [9.17, 15) is 0 Å². The molecule has 1 nitrogen and oxygen atoms in total. The van der Waals surface area contributed by atoms with Crippen LogP contribution in [0.4, 0.5) is 0 Å². The topological polar surface area (TPSA) is 12.9 Å². The zero-order chi connectivity index (χ0) is 20.3. The molecule has 0 amide bonds. The van der Waals surface area contributed by atoms with Crippen LogP contribution in [0.3, 0.4) is 0 Å². The Bertz CT molecular complexity index is 1010. The van der Waals surface area contributed by atoms with Gasteiger partial charge in [0.2, 0.25) is 0 Å². The number of hydrogen-bond donors (Lipinski definition) is 0. The van der Waals surface area contributed by atoms with Crippen LogP contribution in [-0.4, -0.2) is 4.98 Å². The molecule has 4 aromatic rings. The molecule has 1 aromatic heterocycles. The van der Waals surface area contributed by atoms with Gasteiger partial charge in [-0.2, -0.15) is 0 Å².